The Bertz CT molecular complexity index is 592. The van der Waals surface area contributed by atoms with E-state index in [9.17, 15) is 4.79 Å². The summed E-state index contributed by atoms with van der Waals surface area (Å²) in [6.45, 7) is 2.43. The Morgan fingerprint density at radius 3 is 2.74 bits per heavy atom. The summed E-state index contributed by atoms with van der Waals surface area (Å²) >= 11 is 0. The van der Waals surface area contributed by atoms with Gasteiger partial charge in [0.1, 0.15) is 5.69 Å². The highest BCUT2D eigenvalue weighted by Crippen LogP contribution is 2.31. The number of hydrogen-bond acceptors (Lipinski definition) is 4. The molecule has 0 amide bonds. The topological polar surface area (TPSA) is 84.4 Å². The maximum Gasteiger partial charge on any atom is 0.353 e. The molecule has 1 aromatic heterocycles. The van der Waals surface area contributed by atoms with Crippen molar-refractivity contribution in [1.29, 1.82) is 0 Å². The van der Waals surface area contributed by atoms with Gasteiger partial charge in [-0.05, 0) is 31.2 Å². The van der Waals surface area contributed by atoms with E-state index in [4.69, 9.17) is 14.6 Å². The first-order valence-electron chi connectivity index (χ1n) is 5.75. The number of carboxylic acids is 1. The van der Waals surface area contributed by atoms with E-state index in [1.165, 1.54) is 6.07 Å². The van der Waals surface area contributed by atoms with Gasteiger partial charge in [0.15, 0.2) is 11.5 Å². The van der Waals surface area contributed by atoms with Crippen LogP contribution in [0.25, 0.3) is 11.3 Å². The Balaban J connectivity index is 2.36. The van der Waals surface area contributed by atoms with Crippen LogP contribution in [0.4, 0.5) is 0 Å². The molecule has 0 radical (unpaired) electrons. The summed E-state index contributed by atoms with van der Waals surface area (Å²) < 4.78 is 10.6. The van der Waals surface area contributed by atoms with Crippen LogP contribution in [-0.2, 0) is 0 Å². The van der Waals surface area contributed by atoms with Crippen molar-refractivity contribution < 1.29 is 19.4 Å². The number of carbonyl (C=O) groups is 1. The fraction of sp³-hybridized carbons (Fsp3) is 0.231. The third kappa shape index (κ3) is 2.67. The Hall–Kier alpha value is -2.50. The average Bonchev–Trinajstić information content (AvgIpc) is 2.89. The predicted molar refractivity (Wildman–Crippen MR) is 68.7 cm³/mol. The molecule has 100 valence electrons. The first-order valence-corrected chi connectivity index (χ1v) is 5.75. The van der Waals surface area contributed by atoms with E-state index >= 15 is 0 Å². The van der Waals surface area contributed by atoms with Crippen LogP contribution in [0.5, 0.6) is 11.5 Å². The van der Waals surface area contributed by atoms with Gasteiger partial charge in [0, 0.05) is 5.56 Å². The van der Waals surface area contributed by atoms with Gasteiger partial charge in [-0.25, -0.2) is 4.79 Å². The number of aromatic carboxylic acids is 1. The van der Waals surface area contributed by atoms with Crippen LogP contribution in [0.3, 0.4) is 0 Å². The molecule has 0 aliphatic heterocycles. The minimum Gasteiger partial charge on any atom is -0.493 e. The second kappa shape index (κ2) is 5.43. The highest BCUT2D eigenvalue weighted by molar-refractivity contribution is 5.86. The van der Waals surface area contributed by atoms with Crippen molar-refractivity contribution in [3.8, 4) is 22.8 Å². The lowest BCUT2D eigenvalue weighted by Crippen LogP contribution is -1.95. The van der Waals surface area contributed by atoms with E-state index in [-0.39, 0.29) is 5.69 Å². The van der Waals surface area contributed by atoms with Crippen molar-refractivity contribution in [3.63, 3.8) is 0 Å². The van der Waals surface area contributed by atoms with Gasteiger partial charge in [0.2, 0.25) is 0 Å². The second-order valence-electron chi connectivity index (χ2n) is 3.77. The normalized spacial score (nSPS) is 10.2. The second-order valence-corrected chi connectivity index (χ2v) is 3.77. The zero-order valence-electron chi connectivity index (χ0n) is 10.6. The maximum atomic E-state index is 10.8. The molecule has 6 nitrogen and oxygen atoms in total. The molecule has 0 saturated heterocycles. The number of H-pyrrole nitrogens is 1. The third-order valence-electron chi connectivity index (χ3n) is 2.57. The van der Waals surface area contributed by atoms with Gasteiger partial charge in [-0.2, -0.15) is 5.10 Å². The molecular formula is C13H14N2O4. The van der Waals surface area contributed by atoms with Gasteiger partial charge in [0.05, 0.1) is 19.4 Å². The van der Waals surface area contributed by atoms with Crippen molar-refractivity contribution >= 4 is 5.97 Å². The quantitative estimate of drug-likeness (QED) is 0.862. The summed E-state index contributed by atoms with van der Waals surface area (Å²) in [6, 6.07) is 6.80. The molecule has 0 aliphatic rings. The van der Waals surface area contributed by atoms with Crippen molar-refractivity contribution in [2.75, 3.05) is 13.7 Å². The van der Waals surface area contributed by atoms with E-state index in [0.29, 0.717) is 23.8 Å². The molecule has 2 aromatic rings. The van der Waals surface area contributed by atoms with E-state index < -0.39 is 5.97 Å². The molecule has 0 aliphatic carbocycles. The van der Waals surface area contributed by atoms with Crippen molar-refractivity contribution in [2.24, 2.45) is 0 Å². The molecular weight excluding hydrogens is 248 g/mol. The minimum absolute atomic E-state index is 0.0443. The van der Waals surface area contributed by atoms with Crippen LogP contribution >= 0.6 is 0 Å². The van der Waals surface area contributed by atoms with Gasteiger partial charge in [-0.1, -0.05) is 0 Å². The average molecular weight is 262 g/mol. The molecule has 0 fully saturated rings. The molecule has 0 bridgehead atoms. The number of ether oxygens (including phenoxy) is 2. The standard InChI is InChI=1S/C13H14N2O4/c1-3-19-11-5-4-8(6-12(11)18-2)9-7-10(13(16)17)15-14-9/h4-7H,3H2,1-2H3,(H,14,15)(H,16,17). The number of aromatic nitrogens is 2. The molecule has 1 heterocycles. The van der Waals surface area contributed by atoms with Crippen LogP contribution in [-0.4, -0.2) is 35.0 Å². The smallest absolute Gasteiger partial charge is 0.353 e. The number of carboxylic acid groups (broad SMARTS) is 1. The molecule has 6 heteroatoms. The number of rotatable bonds is 5. The fourth-order valence-electron chi connectivity index (χ4n) is 1.68. The summed E-state index contributed by atoms with van der Waals surface area (Å²) in [7, 11) is 1.55. The lowest BCUT2D eigenvalue weighted by Gasteiger charge is -2.09. The fourth-order valence-corrected chi connectivity index (χ4v) is 1.68. The molecule has 2 N–H and O–H groups in total. The number of nitrogens with one attached hydrogen (secondary N) is 1. The molecule has 0 spiro atoms. The van der Waals surface area contributed by atoms with Gasteiger partial charge < -0.3 is 14.6 Å². The van der Waals surface area contributed by atoms with Crippen molar-refractivity contribution in [2.45, 2.75) is 6.92 Å². The lowest BCUT2D eigenvalue weighted by molar-refractivity contribution is 0.0690. The number of aromatic amines is 1. The molecule has 0 unspecified atom stereocenters. The Kier molecular flexibility index (Phi) is 3.70. The summed E-state index contributed by atoms with van der Waals surface area (Å²) in [6.07, 6.45) is 0. The summed E-state index contributed by atoms with van der Waals surface area (Å²) in [5.74, 6) is 0.179. The molecule has 0 atom stereocenters. The van der Waals surface area contributed by atoms with Crippen LogP contribution in [0, 0.1) is 0 Å². The Labute approximate surface area is 110 Å². The Morgan fingerprint density at radius 2 is 2.16 bits per heavy atom. The third-order valence-corrected chi connectivity index (χ3v) is 2.57. The molecule has 0 saturated carbocycles. The van der Waals surface area contributed by atoms with Gasteiger partial charge in [-0.15, -0.1) is 0 Å². The highest BCUT2D eigenvalue weighted by atomic mass is 16.5. The van der Waals surface area contributed by atoms with Crippen LogP contribution in [0.1, 0.15) is 17.4 Å². The number of nitrogens with zero attached hydrogens (tertiary/aromatic N) is 1. The number of hydrogen-bond donors (Lipinski definition) is 2. The minimum atomic E-state index is -1.04. The highest BCUT2D eigenvalue weighted by Gasteiger charge is 2.12. The summed E-state index contributed by atoms with van der Waals surface area (Å²) in [5.41, 5.74) is 1.34. The number of methoxy groups -OCH3 is 1. The SMILES string of the molecule is CCOc1ccc(-c2cc(C(=O)O)[nH]n2)cc1OC. The number of benzene rings is 1. The van der Waals surface area contributed by atoms with E-state index in [1.54, 1.807) is 25.3 Å². The molecule has 19 heavy (non-hydrogen) atoms. The lowest BCUT2D eigenvalue weighted by atomic mass is 10.1. The van der Waals surface area contributed by atoms with E-state index in [0.717, 1.165) is 5.56 Å². The van der Waals surface area contributed by atoms with Gasteiger partial charge in [-0.3, -0.25) is 5.10 Å². The van der Waals surface area contributed by atoms with Crippen molar-refractivity contribution in [3.05, 3.63) is 30.0 Å². The maximum absolute atomic E-state index is 10.8. The summed E-state index contributed by atoms with van der Waals surface area (Å²) in [4.78, 5) is 10.8. The zero-order chi connectivity index (χ0) is 13.8. The van der Waals surface area contributed by atoms with Gasteiger partial charge in [0.25, 0.3) is 0 Å². The van der Waals surface area contributed by atoms with Crippen molar-refractivity contribution in [1.82, 2.24) is 10.2 Å². The van der Waals surface area contributed by atoms with Crippen LogP contribution in [0.15, 0.2) is 24.3 Å². The first kappa shape index (κ1) is 12.9. The van der Waals surface area contributed by atoms with Crippen LogP contribution in [0.2, 0.25) is 0 Å². The largest absolute Gasteiger partial charge is 0.493 e. The van der Waals surface area contributed by atoms with E-state index in [1.807, 2.05) is 6.92 Å². The molecule has 2 rings (SSSR count). The van der Waals surface area contributed by atoms with Gasteiger partial charge >= 0.3 is 5.97 Å². The zero-order valence-corrected chi connectivity index (χ0v) is 10.6. The predicted octanol–water partition coefficient (Wildman–Crippen LogP) is 2.18. The Morgan fingerprint density at radius 1 is 1.37 bits per heavy atom. The molecule has 1 aromatic carbocycles. The monoisotopic (exact) mass is 262 g/mol. The van der Waals surface area contributed by atoms with E-state index in [2.05, 4.69) is 10.2 Å². The summed E-state index contributed by atoms with van der Waals surface area (Å²) in [5, 5.41) is 15.3. The first-order chi connectivity index (χ1) is 9.15. The van der Waals surface area contributed by atoms with Crippen LogP contribution < -0.4 is 9.47 Å².